The maximum Gasteiger partial charge on any atom is 0.387 e. The molecule has 1 unspecified atom stereocenters. The second kappa shape index (κ2) is 9.41. The lowest BCUT2D eigenvalue weighted by Crippen LogP contribution is -2.29. The number of methoxy groups -OCH3 is 2. The fourth-order valence-electron chi connectivity index (χ4n) is 3.53. The van der Waals surface area contributed by atoms with Crippen LogP contribution in [0.25, 0.3) is 6.08 Å². The van der Waals surface area contributed by atoms with Crippen molar-refractivity contribution in [2.24, 2.45) is 0 Å². The molecule has 2 aromatic rings. The number of alkyl halides is 2. The van der Waals surface area contributed by atoms with Crippen LogP contribution in [-0.4, -0.2) is 38.2 Å². The Morgan fingerprint density at radius 1 is 1.14 bits per heavy atom. The van der Waals surface area contributed by atoms with E-state index in [1.807, 2.05) is 12.1 Å². The van der Waals surface area contributed by atoms with Crippen molar-refractivity contribution in [2.75, 3.05) is 20.8 Å². The van der Waals surface area contributed by atoms with E-state index in [4.69, 9.17) is 9.47 Å². The molecule has 1 fully saturated rings. The van der Waals surface area contributed by atoms with E-state index in [0.717, 1.165) is 18.4 Å². The third-order valence-corrected chi connectivity index (χ3v) is 4.88. The molecule has 3 rings (SSSR count). The zero-order valence-electron chi connectivity index (χ0n) is 16.3. The van der Waals surface area contributed by atoms with Gasteiger partial charge >= 0.3 is 6.61 Å². The predicted octanol–water partition coefficient (Wildman–Crippen LogP) is 4.68. The molecule has 0 aromatic heterocycles. The summed E-state index contributed by atoms with van der Waals surface area (Å²) in [6, 6.07) is 11.8. The van der Waals surface area contributed by atoms with E-state index in [2.05, 4.69) is 4.74 Å². The summed E-state index contributed by atoms with van der Waals surface area (Å²) in [5, 5.41) is 0. The number of hydrogen-bond donors (Lipinski definition) is 0. The van der Waals surface area contributed by atoms with Gasteiger partial charge in [0.2, 0.25) is 5.91 Å². The summed E-state index contributed by atoms with van der Waals surface area (Å²) < 4.78 is 40.4. The van der Waals surface area contributed by atoms with E-state index in [1.54, 1.807) is 43.4 Å². The maximum absolute atomic E-state index is 12.8. The molecule has 7 heteroatoms. The van der Waals surface area contributed by atoms with Gasteiger partial charge in [-0.3, -0.25) is 4.79 Å². The molecule has 154 valence electrons. The number of carbonyl (C=O) groups excluding carboxylic acids is 1. The van der Waals surface area contributed by atoms with Gasteiger partial charge < -0.3 is 19.1 Å². The number of carbonyl (C=O) groups is 1. The van der Waals surface area contributed by atoms with Crippen LogP contribution in [0.1, 0.15) is 30.0 Å². The van der Waals surface area contributed by atoms with Crippen LogP contribution in [0.2, 0.25) is 0 Å². The van der Waals surface area contributed by atoms with Crippen LogP contribution in [0.15, 0.2) is 48.5 Å². The predicted molar refractivity (Wildman–Crippen MR) is 105 cm³/mol. The highest BCUT2D eigenvalue weighted by Gasteiger charge is 2.31. The lowest BCUT2D eigenvalue weighted by Gasteiger charge is -2.25. The lowest BCUT2D eigenvalue weighted by molar-refractivity contribution is -0.126. The Morgan fingerprint density at radius 3 is 2.66 bits per heavy atom. The number of hydrogen-bond acceptors (Lipinski definition) is 4. The molecule has 1 saturated heterocycles. The van der Waals surface area contributed by atoms with Crippen molar-refractivity contribution >= 4 is 12.0 Å². The van der Waals surface area contributed by atoms with E-state index in [0.29, 0.717) is 23.6 Å². The number of benzene rings is 2. The summed E-state index contributed by atoms with van der Waals surface area (Å²) in [5.74, 6) is 1.17. The SMILES string of the molecule is COc1ccc(C2CCCN2C(=O)/C=C/c2ccccc2OC(F)F)c(OC)c1. The summed E-state index contributed by atoms with van der Waals surface area (Å²) in [6.07, 6.45) is 4.57. The maximum atomic E-state index is 12.8. The van der Waals surface area contributed by atoms with Crippen LogP contribution in [0, 0.1) is 0 Å². The van der Waals surface area contributed by atoms with Crippen molar-refractivity contribution in [3.63, 3.8) is 0 Å². The molecule has 0 radical (unpaired) electrons. The fraction of sp³-hybridized carbons (Fsp3) is 0.318. The Bertz CT molecular complexity index is 885. The minimum Gasteiger partial charge on any atom is -0.497 e. The van der Waals surface area contributed by atoms with Gasteiger partial charge in [0.25, 0.3) is 0 Å². The number of nitrogens with zero attached hydrogens (tertiary/aromatic N) is 1. The molecule has 29 heavy (non-hydrogen) atoms. The smallest absolute Gasteiger partial charge is 0.387 e. The molecule has 1 atom stereocenters. The van der Waals surface area contributed by atoms with E-state index < -0.39 is 6.61 Å². The molecule has 1 aliphatic rings. The Hall–Kier alpha value is -3.09. The van der Waals surface area contributed by atoms with Gasteiger partial charge in [0.1, 0.15) is 17.2 Å². The van der Waals surface area contributed by atoms with Crippen molar-refractivity contribution in [1.82, 2.24) is 4.90 Å². The first-order valence-corrected chi connectivity index (χ1v) is 9.28. The van der Waals surface area contributed by atoms with E-state index in [9.17, 15) is 13.6 Å². The Kier molecular flexibility index (Phi) is 6.69. The van der Waals surface area contributed by atoms with E-state index in [1.165, 1.54) is 18.2 Å². The van der Waals surface area contributed by atoms with E-state index >= 15 is 0 Å². The molecule has 0 bridgehead atoms. The van der Waals surface area contributed by atoms with Crippen LogP contribution in [0.4, 0.5) is 8.78 Å². The van der Waals surface area contributed by atoms with Crippen LogP contribution in [0.5, 0.6) is 17.2 Å². The molecule has 1 amide bonds. The Balaban J connectivity index is 1.80. The topological polar surface area (TPSA) is 48.0 Å². The van der Waals surface area contributed by atoms with Gasteiger partial charge in [-0.25, -0.2) is 0 Å². The number of halogens is 2. The second-order valence-corrected chi connectivity index (χ2v) is 6.55. The molecular weight excluding hydrogens is 380 g/mol. The average molecular weight is 403 g/mol. The monoisotopic (exact) mass is 403 g/mol. The minimum atomic E-state index is -2.93. The normalized spacial score (nSPS) is 16.4. The lowest BCUT2D eigenvalue weighted by atomic mass is 10.0. The van der Waals surface area contributed by atoms with Gasteiger partial charge in [0.15, 0.2) is 0 Å². The molecule has 1 heterocycles. The third kappa shape index (κ3) is 4.85. The standard InChI is InChI=1S/C22H23F2NO4/c1-27-16-10-11-17(20(14-16)28-2)18-7-5-13-25(18)21(26)12-9-15-6-3-4-8-19(15)29-22(23)24/h3-4,6,8-12,14,18,22H,5,7,13H2,1-2H3/b12-9+. The number of rotatable bonds is 7. The molecule has 1 aliphatic heterocycles. The molecule has 0 N–H and O–H groups in total. The van der Waals surface area contributed by atoms with Gasteiger partial charge in [-0.15, -0.1) is 0 Å². The second-order valence-electron chi connectivity index (χ2n) is 6.55. The molecule has 0 aliphatic carbocycles. The zero-order chi connectivity index (χ0) is 20.8. The number of amides is 1. The van der Waals surface area contributed by atoms with Gasteiger partial charge in [-0.05, 0) is 37.1 Å². The first-order valence-electron chi connectivity index (χ1n) is 9.28. The fourth-order valence-corrected chi connectivity index (χ4v) is 3.53. The van der Waals surface area contributed by atoms with Crippen molar-refractivity contribution in [2.45, 2.75) is 25.5 Å². The summed E-state index contributed by atoms with van der Waals surface area (Å²) in [5.41, 5.74) is 1.33. The van der Waals surface area contributed by atoms with Crippen molar-refractivity contribution in [3.8, 4) is 17.2 Å². The van der Waals surface area contributed by atoms with E-state index in [-0.39, 0.29) is 17.7 Å². The highest BCUT2D eigenvalue weighted by atomic mass is 19.3. The van der Waals surface area contributed by atoms with Gasteiger partial charge in [0.05, 0.1) is 20.3 Å². The van der Waals surface area contributed by atoms with Crippen molar-refractivity contribution in [1.29, 1.82) is 0 Å². The number of likely N-dealkylation sites (tertiary alicyclic amines) is 1. The first-order chi connectivity index (χ1) is 14.0. The van der Waals surface area contributed by atoms with Crippen LogP contribution in [0.3, 0.4) is 0 Å². The summed E-state index contributed by atoms with van der Waals surface area (Å²) in [6.45, 7) is -2.32. The molecule has 2 aromatic carbocycles. The number of para-hydroxylation sites is 1. The van der Waals surface area contributed by atoms with Crippen LogP contribution < -0.4 is 14.2 Å². The van der Waals surface area contributed by atoms with Crippen LogP contribution >= 0.6 is 0 Å². The van der Waals surface area contributed by atoms with Gasteiger partial charge in [-0.1, -0.05) is 18.2 Å². The quantitative estimate of drug-likeness (QED) is 0.630. The number of ether oxygens (including phenoxy) is 3. The Morgan fingerprint density at radius 2 is 1.93 bits per heavy atom. The Labute approximate surface area is 168 Å². The van der Waals surface area contributed by atoms with Gasteiger partial charge in [0, 0.05) is 29.8 Å². The first kappa shape index (κ1) is 20.6. The van der Waals surface area contributed by atoms with Gasteiger partial charge in [-0.2, -0.15) is 8.78 Å². The largest absolute Gasteiger partial charge is 0.497 e. The van der Waals surface area contributed by atoms with Crippen LogP contribution in [-0.2, 0) is 4.79 Å². The molecule has 0 spiro atoms. The highest BCUT2D eigenvalue weighted by molar-refractivity contribution is 5.92. The summed E-state index contributed by atoms with van der Waals surface area (Å²) in [4.78, 5) is 14.6. The molecule has 5 nitrogen and oxygen atoms in total. The minimum absolute atomic E-state index is 0.0290. The summed E-state index contributed by atoms with van der Waals surface area (Å²) >= 11 is 0. The van der Waals surface area contributed by atoms with Crippen molar-refractivity contribution in [3.05, 3.63) is 59.7 Å². The highest BCUT2D eigenvalue weighted by Crippen LogP contribution is 2.38. The van der Waals surface area contributed by atoms with Crippen molar-refractivity contribution < 1.29 is 27.8 Å². The molecule has 0 saturated carbocycles. The zero-order valence-corrected chi connectivity index (χ0v) is 16.3. The summed E-state index contributed by atoms with van der Waals surface area (Å²) in [7, 11) is 3.17. The average Bonchev–Trinajstić information content (AvgIpc) is 3.21. The third-order valence-electron chi connectivity index (χ3n) is 4.88. The molecular formula is C22H23F2NO4.